The minimum absolute atomic E-state index is 0.0994. The zero-order valence-corrected chi connectivity index (χ0v) is 18.0. The molecule has 0 heterocycles. The number of ether oxygens (including phenoxy) is 1. The van der Waals surface area contributed by atoms with Gasteiger partial charge in [-0.2, -0.15) is 0 Å². The molecule has 1 fully saturated rings. The van der Waals surface area contributed by atoms with Crippen molar-refractivity contribution in [3.8, 4) is 0 Å². The van der Waals surface area contributed by atoms with Gasteiger partial charge in [0.15, 0.2) is 0 Å². The van der Waals surface area contributed by atoms with E-state index >= 15 is 0 Å². The van der Waals surface area contributed by atoms with Crippen molar-refractivity contribution in [3.63, 3.8) is 0 Å². The van der Waals surface area contributed by atoms with E-state index in [9.17, 15) is 14.9 Å². The van der Waals surface area contributed by atoms with Gasteiger partial charge in [0.05, 0.1) is 15.9 Å². The van der Waals surface area contributed by atoms with Crippen molar-refractivity contribution in [1.82, 2.24) is 0 Å². The number of benzene rings is 3. The smallest absolute Gasteiger partial charge is 0.313 e. The SMILES string of the molecule is C[C@H](C(=O)O[C@@H]1CCCC[C@H]1c1cccc2ccccc12)c1ccc([N+](=O)[O-])cc1Cl. The molecule has 3 atom stereocenters. The summed E-state index contributed by atoms with van der Waals surface area (Å²) in [4.78, 5) is 23.5. The first kappa shape index (κ1) is 21.3. The number of esters is 1. The Morgan fingerprint density at radius 3 is 2.61 bits per heavy atom. The molecule has 0 aliphatic heterocycles. The number of non-ortho nitro benzene ring substituents is 1. The van der Waals surface area contributed by atoms with Gasteiger partial charge in [0.1, 0.15) is 6.10 Å². The topological polar surface area (TPSA) is 69.4 Å². The number of fused-ring (bicyclic) bond motifs is 1. The van der Waals surface area contributed by atoms with E-state index in [1.54, 1.807) is 6.92 Å². The number of nitro groups is 1. The Kier molecular flexibility index (Phi) is 6.23. The fraction of sp³-hybridized carbons (Fsp3) is 0.320. The van der Waals surface area contributed by atoms with E-state index in [1.165, 1.54) is 34.5 Å². The summed E-state index contributed by atoms with van der Waals surface area (Å²) in [7, 11) is 0. The molecule has 0 unspecified atom stereocenters. The summed E-state index contributed by atoms with van der Waals surface area (Å²) in [5.74, 6) is -0.820. The first-order chi connectivity index (χ1) is 15.0. The van der Waals surface area contributed by atoms with E-state index in [0.717, 1.165) is 25.7 Å². The predicted octanol–water partition coefficient (Wildman–Crippen LogP) is 6.77. The molecule has 1 aliphatic carbocycles. The van der Waals surface area contributed by atoms with E-state index in [4.69, 9.17) is 16.3 Å². The maximum Gasteiger partial charge on any atom is 0.313 e. The van der Waals surface area contributed by atoms with Crippen LogP contribution >= 0.6 is 11.6 Å². The Bertz CT molecular complexity index is 1120. The van der Waals surface area contributed by atoms with E-state index < -0.39 is 10.8 Å². The highest BCUT2D eigenvalue weighted by Crippen LogP contribution is 2.39. The summed E-state index contributed by atoms with van der Waals surface area (Å²) in [6.07, 6.45) is 3.71. The lowest BCUT2D eigenvalue weighted by atomic mass is 9.79. The average Bonchev–Trinajstić information content (AvgIpc) is 2.78. The molecule has 0 aromatic heterocycles. The quantitative estimate of drug-likeness (QED) is 0.251. The Labute approximate surface area is 186 Å². The molecule has 0 bridgehead atoms. The second-order valence-corrected chi connectivity index (χ2v) is 8.53. The molecule has 0 radical (unpaired) electrons. The zero-order valence-electron chi connectivity index (χ0n) is 17.3. The summed E-state index contributed by atoms with van der Waals surface area (Å²) < 4.78 is 6.02. The van der Waals surface area contributed by atoms with Crippen LogP contribution in [0.1, 0.15) is 55.6 Å². The molecule has 6 heteroatoms. The molecular formula is C25H24ClNO4. The number of carbonyl (C=O) groups excluding carboxylic acids is 1. The number of halogens is 1. The maximum absolute atomic E-state index is 13.0. The lowest BCUT2D eigenvalue weighted by Crippen LogP contribution is -2.30. The van der Waals surface area contributed by atoms with Crippen molar-refractivity contribution < 1.29 is 14.5 Å². The van der Waals surface area contributed by atoms with E-state index in [0.29, 0.717) is 5.56 Å². The first-order valence-electron chi connectivity index (χ1n) is 10.6. The summed E-state index contributed by atoms with van der Waals surface area (Å²) in [5, 5.41) is 13.5. The monoisotopic (exact) mass is 437 g/mol. The largest absolute Gasteiger partial charge is 0.461 e. The minimum atomic E-state index is -0.608. The number of rotatable bonds is 5. The van der Waals surface area contributed by atoms with Crippen molar-refractivity contribution in [1.29, 1.82) is 0 Å². The third-order valence-electron chi connectivity index (χ3n) is 6.21. The van der Waals surface area contributed by atoms with Crippen molar-refractivity contribution in [2.24, 2.45) is 0 Å². The minimum Gasteiger partial charge on any atom is -0.461 e. The van der Waals surface area contributed by atoms with Crippen LogP contribution < -0.4 is 0 Å². The molecule has 0 amide bonds. The van der Waals surface area contributed by atoms with Gasteiger partial charge in [-0.05, 0) is 54.2 Å². The van der Waals surface area contributed by atoms with Gasteiger partial charge in [-0.15, -0.1) is 0 Å². The van der Waals surface area contributed by atoms with Crippen molar-refractivity contribution in [3.05, 3.63) is 86.9 Å². The Hall–Kier alpha value is -2.92. The van der Waals surface area contributed by atoms with Crippen LogP contribution in [0.2, 0.25) is 5.02 Å². The molecule has 4 rings (SSSR count). The van der Waals surface area contributed by atoms with Gasteiger partial charge in [-0.25, -0.2) is 0 Å². The number of nitro benzene ring substituents is 1. The van der Waals surface area contributed by atoms with Crippen LogP contribution in [0.3, 0.4) is 0 Å². The summed E-state index contributed by atoms with van der Waals surface area (Å²) in [6, 6.07) is 18.8. The van der Waals surface area contributed by atoms with Gasteiger partial charge in [0.2, 0.25) is 0 Å². The van der Waals surface area contributed by atoms with Crippen molar-refractivity contribution in [2.45, 2.75) is 50.5 Å². The lowest BCUT2D eigenvalue weighted by molar-refractivity contribution is -0.384. The molecule has 0 N–H and O–H groups in total. The highest BCUT2D eigenvalue weighted by molar-refractivity contribution is 6.31. The Morgan fingerprint density at radius 2 is 1.84 bits per heavy atom. The maximum atomic E-state index is 13.0. The van der Waals surface area contributed by atoms with Crippen LogP contribution in [0.4, 0.5) is 5.69 Å². The van der Waals surface area contributed by atoms with E-state index in [2.05, 4.69) is 30.3 Å². The highest BCUT2D eigenvalue weighted by Gasteiger charge is 2.32. The third kappa shape index (κ3) is 4.42. The lowest BCUT2D eigenvalue weighted by Gasteiger charge is -2.33. The Morgan fingerprint density at radius 1 is 1.10 bits per heavy atom. The van der Waals surface area contributed by atoms with Gasteiger partial charge >= 0.3 is 5.97 Å². The summed E-state index contributed by atoms with van der Waals surface area (Å²) in [5.41, 5.74) is 1.66. The number of carbonyl (C=O) groups is 1. The fourth-order valence-electron chi connectivity index (χ4n) is 4.53. The normalized spacial score (nSPS) is 19.7. The van der Waals surface area contributed by atoms with Gasteiger partial charge in [0, 0.05) is 18.1 Å². The third-order valence-corrected chi connectivity index (χ3v) is 6.54. The van der Waals surface area contributed by atoms with Gasteiger partial charge < -0.3 is 4.74 Å². The standard InChI is InChI=1S/C25H24ClNO4/c1-16(19-14-13-18(27(29)30)15-23(19)26)25(28)31-24-12-5-4-10-22(24)21-11-6-8-17-7-2-3-9-20(17)21/h2-3,6-9,11,13-16,22,24H,4-5,10,12H2,1H3/t16-,22-,24+/m0/s1. The van der Waals surface area contributed by atoms with Crippen molar-refractivity contribution in [2.75, 3.05) is 0 Å². The molecule has 1 saturated carbocycles. The van der Waals surface area contributed by atoms with E-state index in [1.807, 2.05) is 12.1 Å². The van der Waals surface area contributed by atoms with Crippen LogP contribution in [0.5, 0.6) is 0 Å². The first-order valence-corrected chi connectivity index (χ1v) is 11.0. The van der Waals surface area contributed by atoms with Gasteiger partial charge in [-0.3, -0.25) is 14.9 Å². The number of hydrogen-bond donors (Lipinski definition) is 0. The van der Waals surface area contributed by atoms with Crippen LogP contribution in [0, 0.1) is 10.1 Å². The molecule has 0 spiro atoms. The van der Waals surface area contributed by atoms with Gasteiger partial charge in [-0.1, -0.05) is 60.5 Å². The molecule has 31 heavy (non-hydrogen) atoms. The fourth-order valence-corrected chi connectivity index (χ4v) is 4.86. The highest BCUT2D eigenvalue weighted by atomic mass is 35.5. The number of nitrogens with zero attached hydrogens (tertiary/aromatic N) is 1. The molecule has 3 aromatic rings. The molecule has 5 nitrogen and oxygen atoms in total. The van der Waals surface area contributed by atoms with Crippen LogP contribution in [0.15, 0.2) is 60.7 Å². The summed E-state index contributed by atoms with van der Waals surface area (Å²) in [6.45, 7) is 1.73. The second-order valence-electron chi connectivity index (χ2n) is 8.12. The van der Waals surface area contributed by atoms with E-state index in [-0.39, 0.29) is 28.7 Å². The van der Waals surface area contributed by atoms with Gasteiger partial charge in [0.25, 0.3) is 5.69 Å². The van der Waals surface area contributed by atoms with Crippen LogP contribution in [0.25, 0.3) is 10.8 Å². The zero-order chi connectivity index (χ0) is 22.0. The molecule has 1 aliphatic rings. The molecule has 160 valence electrons. The molecular weight excluding hydrogens is 414 g/mol. The second kappa shape index (κ2) is 9.06. The molecule has 3 aromatic carbocycles. The van der Waals surface area contributed by atoms with Crippen LogP contribution in [-0.2, 0) is 9.53 Å². The number of hydrogen-bond acceptors (Lipinski definition) is 4. The van der Waals surface area contributed by atoms with Crippen LogP contribution in [-0.4, -0.2) is 17.0 Å². The molecule has 0 saturated heterocycles. The Balaban J connectivity index is 1.57. The average molecular weight is 438 g/mol. The predicted molar refractivity (Wildman–Crippen MR) is 122 cm³/mol. The summed E-state index contributed by atoms with van der Waals surface area (Å²) >= 11 is 6.23. The van der Waals surface area contributed by atoms with Crippen molar-refractivity contribution >= 4 is 34.0 Å².